The van der Waals surface area contributed by atoms with Crippen molar-refractivity contribution in [2.75, 3.05) is 7.11 Å². The van der Waals surface area contributed by atoms with Crippen LogP contribution in [0.5, 0.6) is 0 Å². The molecule has 0 amide bonds. The summed E-state index contributed by atoms with van der Waals surface area (Å²) in [6.45, 7) is 10.4. The minimum atomic E-state index is -0.404. The Labute approximate surface area is 111 Å². The summed E-state index contributed by atoms with van der Waals surface area (Å²) in [4.78, 5) is 0. The zero-order valence-corrected chi connectivity index (χ0v) is 12.5. The fourth-order valence-electron chi connectivity index (χ4n) is 2.08. The van der Waals surface area contributed by atoms with Crippen molar-refractivity contribution in [1.82, 2.24) is 0 Å². The molecule has 0 spiro atoms. The number of methoxy groups -OCH3 is 1. The van der Waals surface area contributed by atoms with Crippen molar-refractivity contribution in [2.45, 2.75) is 59.2 Å². The van der Waals surface area contributed by atoms with Gasteiger partial charge < -0.3 is 9.84 Å². The monoisotopic (exact) mass is 250 g/mol. The van der Waals surface area contributed by atoms with E-state index in [-0.39, 0.29) is 5.60 Å². The van der Waals surface area contributed by atoms with Crippen molar-refractivity contribution in [1.29, 1.82) is 0 Å². The molecular formula is C16H26O2. The number of aryl methyl sites for hydroxylation is 3. The standard InChI is InChI=1S/C16H26O2/c1-11-9-13(3)14(10-12(11)2)15(17)7-8-16(4,5)18-6/h9-10,15,17H,7-8H2,1-6H3. The van der Waals surface area contributed by atoms with Crippen LogP contribution >= 0.6 is 0 Å². The second-order valence-electron chi connectivity index (χ2n) is 5.81. The summed E-state index contributed by atoms with van der Waals surface area (Å²) in [6, 6.07) is 4.25. The highest BCUT2D eigenvalue weighted by molar-refractivity contribution is 5.37. The Bertz CT molecular complexity index is 408. The van der Waals surface area contributed by atoms with Gasteiger partial charge in [0.1, 0.15) is 0 Å². The molecule has 1 rings (SSSR count). The van der Waals surface area contributed by atoms with E-state index in [1.54, 1.807) is 7.11 Å². The van der Waals surface area contributed by atoms with E-state index in [4.69, 9.17) is 4.74 Å². The van der Waals surface area contributed by atoms with E-state index < -0.39 is 6.10 Å². The maximum atomic E-state index is 10.3. The lowest BCUT2D eigenvalue weighted by molar-refractivity contribution is 0.00273. The van der Waals surface area contributed by atoms with Crippen LogP contribution in [0.15, 0.2) is 12.1 Å². The van der Waals surface area contributed by atoms with Gasteiger partial charge in [-0.2, -0.15) is 0 Å². The molecule has 0 fully saturated rings. The molecule has 0 aromatic heterocycles. The SMILES string of the molecule is COC(C)(C)CCC(O)c1cc(C)c(C)cc1C. The molecule has 0 aliphatic rings. The van der Waals surface area contributed by atoms with Gasteiger partial charge in [0.25, 0.3) is 0 Å². The lowest BCUT2D eigenvalue weighted by Crippen LogP contribution is -2.23. The first-order valence-corrected chi connectivity index (χ1v) is 6.58. The molecule has 0 saturated heterocycles. The van der Waals surface area contributed by atoms with Crippen LogP contribution in [0.4, 0.5) is 0 Å². The molecule has 1 aromatic rings. The summed E-state index contributed by atoms with van der Waals surface area (Å²) in [7, 11) is 1.72. The molecule has 102 valence electrons. The average molecular weight is 250 g/mol. The van der Waals surface area contributed by atoms with E-state index in [1.807, 2.05) is 13.8 Å². The molecule has 0 aliphatic carbocycles. The van der Waals surface area contributed by atoms with E-state index in [2.05, 4.69) is 32.9 Å². The molecule has 1 atom stereocenters. The Balaban J connectivity index is 2.79. The number of hydrogen-bond donors (Lipinski definition) is 1. The first-order valence-electron chi connectivity index (χ1n) is 6.58. The molecule has 1 N–H and O–H groups in total. The predicted molar refractivity (Wildman–Crippen MR) is 75.9 cm³/mol. The van der Waals surface area contributed by atoms with Crippen LogP contribution in [-0.4, -0.2) is 17.8 Å². The maximum Gasteiger partial charge on any atom is 0.0793 e. The Morgan fingerprint density at radius 3 is 2.22 bits per heavy atom. The summed E-state index contributed by atoms with van der Waals surface area (Å²) in [6.07, 6.45) is 1.17. The van der Waals surface area contributed by atoms with Crippen LogP contribution in [0, 0.1) is 20.8 Å². The van der Waals surface area contributed by atoms with Gasteiger partial charge in [-0.05, 0) is 69.7 Å². The van der Waals surface area contributed by atoms with E-state index in [9.17, 15) is 5.11 Å². The van der Waals surface area contributed by atoms with Crippen LogP contribution in [0.2, 0.25) is 0 Å². The first kappa shape index (κ1) is 15.2. The lowest BCUT2D eigenvalue weighted by atomic mass is 9.92. The first-order chi connectivity index (χ1) is 8.26. The molecule has 0 radical (unpaired) electrons. The molecular weight excluding hydrogens is 224 g/mol. The van der Waals surface area contributed by atoms with Crippen LogP contribution in [-0.2, 0) is 4.74 Å². The minimum absolute atomic E-state index is 0.172. The van der Waals surface area contributed by atoms with E-state index in [0.29, 0.717) is 0 Å². The fourth-order valence-corrected chi connectivity index (χ4v) is 2.08. The largest absolute Gasteiger partial charge is 0.388 e. The number of benzene rings is 1. The summed E-state index contributed by atoms with van der Waals surface area (Å²) >= 11 is 0. The Kier molecular flexibility index (Phi) is 4.94. The third-order valence-electron chi connectivity index (χ3n) is 3.81. The van der Waals surface area contributed by atoms with Gasteiger partial charge >= 0.3 is 0 Å². The van der Waals surface area contributed by atoms with Crippen LogP contribution in [0.3, 0.4) is 0 Å². The average Bonchev–Trinajstić information content (AvgIpc) is 2.31. The van der Waals surface area contributed by atoms with Gasteiger partial charge in [0, 0.05) is 7.11 Å². The van der Waals surface area contributed by atoms with Gasteiger partial charge in [0.2, 0.25) is 0 Å². The zero-order chi connectivity index (χ0) is 13.9. The van der Waals surface area contributed by atoms with Gasteiger partial charge in [-0.3, -0.25) is 0 Å². The van der Waals surface area contributed by atoms with E-state index >= 15 is 0 Å². The summed E-state index contributed by atoms with van der Waals surface area (Å²) in [5.41, 5.74) is 4.56. The second kappa shape index (κ2) is 5.85. The Morgan fingerprint density at radius 1 is 1.11 bits per heavy atom. The van der Waals surface area contributed by atoms with Crippen molar-refractivity contribution in [3.05, 3.63) is 34.4 Å². The van der Waals surface area contributed by atoms with Crippen molar-refractivity contribution in [3.8, 4) is 0 Å². The van der Waals surface area contributed by atoms with Gasteiger partial charge in [-0.15, -0.1) is 0 Å². The molecule has 0 heterocycles. The zero-order valence-electron chi connectivity index (χ0n) is 12.5. The second-order valence-corrected chi connectivity index (χ2v) is 5.81. The van der Waals surface area contributed by atoms with Crippen molar-refractivity contribution < 1.29 is 9.84 Å². The number of aliphatic hydroxyl groups is 1. The normalized spacial score (nSPS) is 13.7. The molecule has 0 saturated carbocycles. The van der Waals surface area contributed by atoms with Crippen LogP contribution in [0.1, 0.15) is 55.0 Å². The molecule has 0 bridgehead atoms. The number of aliphatic hydroxyl groups excluding tert-OH is 1. The van der Waals surface area contributed by atoms with Crippen molar-refractivity contribution >= 4 is 0 Å². The van der Waals surface area contributed by atoms with E-state index in [0.717, 1.165) is 18.4 Å². The van der Waals surface area contributed by atoms with Gasteiger partial charge in [-0.25, -0.2) is 0 Å². The quantitative estimate of drug-likeness (QED) is 0.860. The minimum Gasteiger partial charge on any atom is -0.388 e. The summed E-state index contributed by atoms with van der Waals surface area (Å²) < 4.78 is 5.39. The highest BCUT2D eigenvalue weighted by atomic mass is 16.5. The molecule has 1 aromatic carbocycles. The van der Waals surface area contributed by atoms with Gasteiger partial charge in [-0.1, -0.05) is 12.1 Å². The third-order valence-corrected chi connectivity index (χ3v) is 3.81. The molecule has 0 aliphatic heterocycles. The predicted octanol–water partition coefficient (Wildman–Crippen LogP) is 3.85. The molecule has 18 heavy (non-hydrogen) atoms. The van der Waals surface area contributed by atoms with Crippen LogP contribution < -0.4 is 0 Å². The lowest BCUT2D eigenvalue weighted by Gasteiger charge is -2.25. The number of ether oxygens (including phenoxy) is 1. The highest BCUT2D eigenvalue weighted by Crippen LogP contribution is 2.28. The fraction of sp³-hybridized carbons (Fsp3) is 0.625. The van der Waals surface area contributed by atoms with Gasteiger partial charge in [0.05, 0.1) is 11.7 Å². The topological polar surface area (TPSA) is 29.5 Å². The molecule has 2 nitrogen and oxygen atoms in total. The molecule has 1 unspecified atom stereocenters. The van der Waals surface area contributed by atoms with Crippen molar-refractivity contribution in [3.63, 3.8) is 0 Å². The highest BCUT2D eigenvalue weighted by Gasteiger charge is 2.20. The number of hydrogen-bond acceptors (Lipinski definition) is 2. The maximum absolute atomic E-state index is 10.3. The third kappa shape index (κ3) is 3.82. The Hall–Kier alpha value is -0.860. The van der Waals surface area contributed by atoms with Crippen molar-refractivity contribution in [2.24, 2.45) is 0 Å². The van der Waals surface area contributed by atoms with Gasteiger partial charge in [0.15, 0.2) is 0 Å². The van der Waals surface area contributed by atoms with Crippen LogP contribution in [0.25, 0.3) is 0 Å². The number of rotatable bonds is 5. The molecule has 2 heteroatoms. The van der Waals surface area contributed by atoms with E-state index in [1.165, 1.54) is 16.7 Å². The smallest absolute Gasteiger partial charge is 0.0793 e. The summed E-state index contributed by atoms with van der Waals surface area (Å²) in [5.74, 6) is 0. The Morgan fingerprint density at radius 2 is 1.67 bits per heavy atom. The summed E-state index contributed by atoms with van der Waals surface area (Å²) in [5, 5.41) is 10.3.